The van der Waals surface area contributed by atoms with E-state index in [0.717, 1.165) is 0 Å². The van der Waals surface area contributed by atoms with E-state index in [4.69, 9.17) is 4.74 Å². The van der Waals surface area contributed by atoms with Gasteiger partial charge in [-0.2, -0.15) is 0 Å². The molecule has 0 aliphatic carbocycles. The Morgan fingerprint density at radius 1 is 1.04 bits per heavy atom. The molecule has 1 unspecified atom stereocenters. The van der Waals surface area contributed by atoms with Gasteiger partial charge in [-0.05, 0) is 41.8 Å². The first-order chi connectivity index (χ1) is 12.0. The van der Waals surface area contributed by atoms with Crippen LogP contribution >= 0.6 is 0 Å². The molecule has 0 spiro atoms. The molecule has 3 rings (SSSR count). The van der Waals surface area contributed by atoms with Crippen LogP contribution < -0.4 is 0 Å². The molecule has 1 saturated heterocycles. The smallest absolute Gasteiger partial charge is 0.328 e. The van der Waals surface area contributed by atoms with Crippen molar-refractivity contribution in [3.8, 4) is 0 Å². The number of hydrogen-bond donors (Lipinski definition) is 0. The standard InChI is InChI=1S/C19H17F2NO3/c1-25-19(24)16-10-11-17(23)22(16)18(12-2-6-14(20)7-3-12)13-4-8-15(21)9-5-13/h2-9,16,18H,10-11H2,1H3. The monoisotopic (exact) mass is 345 g/mol. The highest BCUT2D eigenvalue weighted by Gasteiger charge is 2.42. The molecular weight excluding hydrogens is 328 g/mol. The highest BCUT2D eigenvalue weighted by atomic mass is 19.1. The predicted molar refractivity (Wildman–Crippen MR) is 86.5 cm³/mol. The number of benzene rings is 2. The fourth-order valence-electron chi connectivity index (χ4n) is 3.20. The van der Waals surface area contributed by atoms with Crippen molar-refractivity contribution in [1.29, 1.82) is 0 Å². The molecule has 0 saturated carbocycles. The Labute approximate surface area is 144 Å². The third-order valence-corrected chi connectivity index (χ3v) is 4.38. The van der Waals surface area contributed by atoms with Crippen molar-refractivity contribution in [1.82, 2.24) is 4.90 Å². The maximum Gasteiger partial charge on any atom is 0.328 e. The lowest BCUT2D eigenvalue weighted by Crippen LogP contribution is -2.42. The molecule has 4 nitrogen and oxygen atoms in total. The number of likely N-dealkylation sites (tertiary alicyclic amines) is 1. The van der Waals surface area contributed by atoms with Crippen molar-refractivity contribution < 1.29 is 23.1 Å². The molecule has 6 heteroatoms. The average molecular weight is 345 g/mol. The highest BCUT2D eigenvalue weighted by Crippen LogP contribution is 2.36. The van der Waals surface area contributed by atoms with E-state index in [0.29, 0.717) is 17.5 Å². The second-order valence-corrected chi connectivity index (χ2v) is 5.88. The van der Waals surface area contributed by atoms with Crippen LogP contribution in [-0.2, 0) is 14.3 Å². The van der Waals surface area contributed by atoms with Crippen molar-refractivity contribution in [3.05, 3.63) is 71.3 Å². The first-order valence-corrected chi connectivity index (χ1v) is 7.91. The van der Waals surface area contributed by atoms with Gasteiger partial charge in [-0.1, -0.05) is 24.3 Å². The predicted octanol–water partition coefficient (Wildman–Crippen LogP) is 3.22. The zero-order valence-electron chi connectivity index (χ0n) is 13.6. The largest absolute Gasteiger partial charge is 0.467 e. The number of halogens is 2. The van der Waals surface area contributed by atoms with E-state index in [1.165, 1.54) is 36.3 Å². The van der Waals surface area contributed by atoms with Gasteiger partial charge in [0, 0.05) is 6.42 Å². The van der Waals surface area contributed by atoms with Crippen molar-refractivity contribution in [3.63, 3.8) is 0 Å². The number of nitrogens with zero attached hydrogens (tertiary/aromatic N) is 1. The molecule has 2 aromatic rings. The molecule has 0 N–H and O–H groups in total. The van der Waals surface area contributed by atoms with E-state index in [-0.39, 0.29) is 12.3 Å². The summed E-state index contributed by atoms with van der Waals surface area (Å²) in [6.45, 7) is 0. The van der Waals surface area contributed by atoms with Crippen LogP contribution in [0.5, 0.6) is 0 Å². The maximum absolute atomic E-state index is 13.3. The molecule has 130 valence electrons. The summed E-state index contributed by atoms with van der Waals surface area (Å²) < 4.78 is 31.4. The summed E-state index contributed by atoms with van der Waals surface area (Å²) in [6.07, 6.45) is 0.572. The second kappa shape index (κ2) is 7.01. The molecule has 1 atom stereocenters. The molecule has 1 aliphatic heterocycles. The molecular formula is C19H17F2NO3. The highest BCUT2D eigenvalue weighted by molar-refractivity contribution is 5.89. The molecule has 25 heavy (non-hydrogen) atoms. The maximum atomic E-state index is 13.3. The van der Waals surface area contributed by atoms with Crippen LogP contribution in [0.2, 0.25) is 0 Å². The number of carbonyl (C=O) groups is 2. The van der Waals surface area contributed by atoms with Crippen LogP contribution in [-0.4, -0.2) is 29.9 Å². The van der Waals surface area contributed by atoms with Gasteiger partial charge in [0.1, 0.15) is 17.7 Å². The van der Waals surface area contributed by atoms with Crippen molar-refractivity contribution in [2.24, 2.45) is 0 Å². The van der Waals surface area contributed by atoms with Crippen LogP contribution in [0.15, 0.2) is 48.5 Å². The van der Waals surface area contributed by atoms with Gasteiger partial charge in [0.25, 0.3) is 0 Å². The van der Waals surface area contributed by atoms with Crippen LogP contribution in [0, 0.1) is 11.6 Å². The fraction of sp³-hybridized carbons (Fsp3) is 0.263. The van der Waals surface area contributed by atoms with E-state index < -0.39 is 29.7 Å². The number of amides is 1. The lowest BCUT2D eigenvalue weighted by Gasteiger charge is -2.32. The van der Waals surface area contributed by atoms with Gasteiger partial charge in [-0.15, -0.1) is 0 Å². The quantitative estimate of drug-likeness (QED) is 0.800. The van der Waals surface area contributed by atoms with Crippen molar-refractivity contribution >= 4 is 11.9 Å². The topological polar surface area (TPSA) is 46.6 Å². The summed E-state index contributed by atoms with van der Waals surface area (Å²) in [4.78, 5) is 26.1. The van der Waals surface area contributed by atoms with Crippen LogP contribution in [0.3, 0.4) is 0 Å². The lowest BCUT2D eigenvalue weighted by atomic mass is 9.96. The summed E-state index contributed by atoms with van der Waals surface area (Å²) in [7, 11) is 1.27. The Kier molecular flexibility index (Phi) is 4.79. The SMILES string of the molecule is COC(=O)C1CCC(=O)N1C(c1ccc(F)cc1)c1ccc(F)cc1. The average Bonchev–Trinajstić information content (AvgIpc) is 2.99. The van der Waals surface area contributed by atoms with Crippen molar-refractivity contribution in [2.75, 3.05) is 7.11 Å². The number of rotatable bonds is 4. The normalized spacial score (nSPS) is 17.2. The Morgan fingerprint density at radius 3 is 1.96 bits per heavy atom. The summed E-state index contributed by atoms with van der Waals surface area (Å²) in [5, 5.41) is 0. The van der Waals surface area contributed by atoms with Gasteiger partial charge >= 0.3 is 5.97 Å². The van der Waals surface area contributed by atoms with Gasteiger partial charge in [-0.3, -0.25) is 4.79 Å². The zero-order valence-corrected chi connectivity index (χ0v) is 13.6. The van der Waals surface area contributed by atoms with E-state index in [9.17, 15) is 18.4 Å². The molecule has 1 heterocycles. The van der Waals surface area contributed by atoms with Crippen LogP contribution in [0.1, 0.15) is 30.0 Å². The third-order valence-electron chi connectivity index (χ3n) is 4.38. The Morgan fingerprint density at radius 2 is 1.52 bits per heavy atom. The number of ether oxygens (including phenoxy) is 1. The number of carbonyl (C=O) groups excluding carboxylic acids is 2. The summed E-state index contributed by atoms with van der Waals surface area (Å²) in [5.41, 5.74) is 1.27. The molecule has 1 amide bonds. The van der Waals surface area contributed by atoms with E-state index in [2.05, 4.69) is 0 Å². The Bertz CT molecular complexity index is 729. The fourth-order valence-corrected chi connectivity index (χ4v) is 3.20. The minimum atomic E-state index is -0.724. The van der Waals surface area contributed by atoms with Crippen LogP contribution in [0.25, 0.3) is 0 Å². The van der Waals surface area contributed by atoms with Gasteiger partial charge < -0.3 is 9.64 Å². The van der Waals surface area contributed by atoms with Crippen LogP contribution in [0.4, 0.5) is 8.78 Å². The van der Waals surface area contributed by atoms with E-state index in [1.807, 2.05) is 0 Å². The molecule has 1 fully saturated rings. The molecule has 0 bridgehead atoms. The second-order valence-electron chi connectivity index (χ2n) is 5.88. The van der Waals surface area contributed by atoms with E-state index >= 15 is 0 Å². The first kappa shape index (κ1) is 17.1. The Balaban J connectivity index is 2.09. The number of hydrogen-bond acceptors (Lipinski definition) is 3. The molecule has 0 radical (unpaired) electrons. The minimum Gasteiger partial charge on any atom is -0.467 e. The summed E-state index contributed by atoms with van der Waals surface area (Å²) >= 11 is 0. The first-order valence-electron chi connectivity index (χ1n) is 7.91. The molecule has 2 aromatic carbocycles. The number of esters is 1. The lowest BCUT2D eigenvalue weighted by molar-refractivity contribution is -0.150. The zero-order chi connectivity index (χ0) is 18.0. The molecule has 0 aromatic heterocycles. The summed E-state index contributed by atoms with van der Waals surface area (Å²) in [6, 6.07) is 10.1. The Hall–Kier alpha value is -2.76. The van der Waals surface area contributed by atoms with Gasteiger partial charge in [0.15, 0.2) is 0 Å². The number of methoxy groups -OCH3 is 1. The van der Waals surface area contributed by atoms with E-state index in [1.54, 1.807) is 24.3 Å². The van der Waals surface area contributed by atoms with Gasteiger partial charge in [0.2, 0.25) is 5.91 Å². The van der Waals surface area contributed by atoms with Crippen molar-refractivity contribution in [2.45, 2.75) is 24.9 Å². The van der Waals surface area contributed by atoms with Gasteiger partial charge in [-0.25, -0.2) is 13.6 Å². The minimum absolute atomic E-state index is 0.200. The molecule has 1 aliphatic rings. The summed E-state index contributed by atoms with van der Waals surface area (Å²) in [5.74, 6) is -1.51. The van der Waals surface area contributed by atoms with Gasteiger partial charge in [0.05, 0.1) is 13.2 Å². The third kappa shape index (κ3) is 3.38.